The molecule has 0 aromatic heterocycles. The molecule has 29 heavy (non-hydrogen) atoms. The lowest BCUT2D eigenvalue weighted by atomic mass is 10.0. The van der Waals surface area contributed by atoms with Crippen LogP contribution in [0.5, 0.6) is 5.75 Å². The molecule has 150 valence electrons. The summed E-state index contributed by atoms with van der Waals surface area (Å²) in [6.07, 6.45) is -0.00562. The molecule has 0 bridgehead atoms. The number of ketones is 1. The van der Waals surface area contributed by atoms with Crippen LogP contribution in [0.3, 0.4) is 0 Å². The average Bonchev–Trinajstić information content (AvgIpc) is 2.69. The summed E-state index contributed by atoms with van der Waals surface area (Å²) in [6, 6.07) is 20.0. The monoisotopic (exact) mass is 521 g/mol. The molecule has 1 N–H and O–H groups in total. The lowest BCUT2D eigenvalue weighted by Crippen LogP contribution is -2.16. The third-order valence-corrected chi connectivity index (χ3v) is 6.06. The number of halogens is 1. The number of hydrogen-bond donors (Lipinski definition) is 1. The normalized spacial score (nSPS) is 11.3. The molecule has 0 aliphatic rings. The minimum Gasteiger partial charge on any atom is -0.491 e. The highest BCUT2D eigenvalue weighted by molar-refractivity contribution is 14.1. The highest BCUT2D eigenvalue weighted by Gasteiger charge is 2.20. The van der Waals surface area contributed by atoms with E-state index in [4.69, 9.17) is 4.74 Å². The standard InChI is InChI=1S/C22H20INO4S/c1-15(2)28-18-9-11-19(12-10-18)29(26,27)24-21-13-8-17(23)14-20(21)22(25)16-6-4-3-5-7-16/h3-15,24H,1-2H3. The van der Waals surface area contributed by atoms with Crippen LogP contribution < -0.4 is 9.46 Å². The number of carbonyl (C=O) groups excluding carboxylic acids is 1. The third kappa shape index (κ3) is 5.36. The molecule has 0 radical (unpaired) electrons. The van der Waals surface area contributed by atoms with Gasteiger partial charge in [-0.2, -0.15) is 0 Å². The summed E-state index contributed by atoms with van der Waals surface area (Å²) in [5.74, 6) is 0.343. The molecule has 3 aromatic rings. The Morgan fingerprint density at radius 1 is 0.966 bits per heavy atom. The average molecular weight is 521 g/mol. The molecule has 5 nitrogen and oxygen atoms in total. The lowest BCUT2D eigenvalue weighted by molar-refractivity contribution is 0.103. The second kappa shape index (κ2) is 8.96. The van der Waals surface area contributed by atoms with Crippen molar-refractivity contribution in [2.45, 2.75) is 24.8 Å². The Labute approximate surface area is 184 Å². The highest BCUT2D eigenvalue weighted by atomic mass is 127. The van der Waals surface area contributed by atoms with E-state index in [1.165, 1.54) is 12.1 Å². The van der Waals surface area contributed by atoms with Crippen LogP contribution in [0.2, 0.25) is 0 Å². The third-order valence-electron chi connectivity index (χ3n) is 4.01. The van der Waals surface area contributed by atoms with Crippen LogP contribution in [0.25, 0.3) is 0 Å². The van der Waals surface area contributed by atoms with Crippen LogP contribution in [-0.4, -0.2) is 20.3 Å². The van der Waals surface area contributed by atoms with Crippen LogP contribution in [0.1, 0.15) is 29.8 Å². The molecule has 0 atom stereocenters. The van der Waals surface area contributed by atoms with Gasteiger partial charge in [-0.25, -0.2) is 8.42 Å². The molecule has 0 fully saturated rings. The Morgan fingerprint density at radius 2 is 1.62 bits per heavy atom. The van der Waals surface area contributed by atoms with Crippen molar-refractivity contribution in [2.24, 2.45) is 0 Å². The minimum absolute atomic E-state index is 0.00562. The van der Waals surface area contributed by atoms with Crippen LogP contribution in [-0.2, 0) is 10.0 Å². The van der Waals surface area contributed by atoms with E-state index in [1.807, 2.05) is 19.9 Å². The van der Waals surface area contributed by atoms with Crippen molar-refractivity contribution < 1.29 is 17.9 Å². The SMILES string of the molecule is CC(C)Oc1ccc(S(=O)(=O)Nc2ccc(I)cc2C(=O)c2ccccc2)cc1. The molecule has 0 saturated heterocycles. The van der Waals surface area contributed by atoms with Gasteiger partial charge in [0.15, 0.2) is 5.78 Å². The van der Waals surface area contributed by atoms with E-state index in [-0.39, 0.29) is 22.5 Å². The zero-order chi connectivity index (χ0) is 21.0. The summed E-state index contributed by atoms with van der Waals surface area (Å²) >= 11 is 2.09. The van der Waals surface area contributed by atoms with Gasteiger partial charge in [0.05, 0.1) is 16.7 Å². The van der Waals surface area contributed by atoms with Gasteiger partial charge in [-0.1, -0.05) is 30.3 Å². The molecule has 0 aliphatic heterocycles. The van der Waals surface area contributed by atoms with Gasteiger partial charge in [-0.3, -0.25) is 9.52 Å². The molecule has 3 aromatic carbocycles. The molecular weight excluding hydrogens is 501 g/mol. The fraction of sp³-hybridized carbons (Fsp3) is 0.136. The molecule has 0 heterocycles. The molecule has 0 saturated carbocycles. The van der Waals surface area contributed by atoms with E-state index in [1.54, 1.807) is 54.6 Å². The first-order valence-corrected chi connectivity index (χ1v) is 11.5. The summed E-state index contributed by atoms with van der Waals surface area (Å²) in [5.41, 5.74) is 1.03. The molecular formula is C22H20INO4S. The van der Waals surface area contributed by atoms with Crippen LogP contribution in [0, 0.1) is 3.57 Å². The van der Waals surface area contributed by atoms with E-state index in [9.17, 15) is 13.2 Å². The first kappa shape index (κ1) is 21.3. The van der Waals surface area contributed by atoms with E-state index in [2.05, 4.69) is 27.3 Å². The van der Waals surface area contributed by atoms with E-state index >= 15 is 0 Å². The Hall–Kier alpha value is -2.39. The molecule has 0 unspecified atom stereocenters. The zero-order valence-electron chi connectivity index (χ0n) is 15.9. The molecule has 3 rings (SSSR count). The van der Waals surface area contributed by atoms with Crippen molar-refractivity contribution in [2.75, 3.05) is 4.72 Å². The Bertz CT molecular complexity index is 1110. The maximum absolute atomic E-state index is 12.9. The van der Waals surface area contributed by atoms with E-state index < -0.39 is 10.0 Å². The van der Waals surface area contributed by atoms with Crippen molar-refractivity contribution in [3.63, 3.8) is 0 Å². The summed E-state index contributed by atoms with van der Waals surface area (Å²) in [7, 11) is -3.87. The van der Waals surface area contributed by atoms with Gasteiger partial charge >= 0.3 is 0 Å². The summed E-state index contributed by atoms with van der Waals surface area (Å²) in [4.78, 5) is 13.0. The smallest absolute Gasteiger partial charge is 0.261 e. The van der Waals surface area contributed by atoms with Crippen molar-refractivity contribution in [3.05, 3.63) is 87.5 Å². The molecule has 0 aliphatic carbocycles. The molecule has 7 heteroatoms. The molecule has 0 spiro atoms. The number of hydrogen-bond acceptors (Lipinski definition) is 4. The Balaban J connectivity index is 1.92. The van der Waals surface area contributed by atoms with Gasteiger partial charge in [0, 0.05) is 14.7 Å². The number of anilines is 1. The highest BCUT2D eigenvalue weighted by Crippen LogP contribution is 2.26. The quantitative estimate of drug-likeness (QED) is 0.347. The van der Waals surface area contributed by atoms with Crippen LogP contribution in [0.4, 0.5) is 5.69 Å². The summed E-state index contributed by atoms with van der Waals surface area (Å²) < 4.78 is 34.7. The van der Waals surface area contributed by atoms with Gasteiger partial charge in [0.1, 0.15) is 5.75 Å². The minimum atomic E-state index is -3.87. The number of carbonyl (C=O) groups is 1. The molecule has 0 amide bonds. The van der Waals surface area contributed by atoms with Crippen LogP contribution in [0.15, 0.2) is 77.7 Å². The van der Waals surface area contributed by atoms with Crippen molar-refractivity contribution in [1.29, 1.82) is 0 Å². The second-order valence-electron chi connectivity index (χ2n) is 6.63. The summed E-state index contributed by atoms with van der Waals surface area (Å²) in [5, 5.41) is 0. The first-order valence-electron chi connectivity index (χ1n) is 8.95. The number of ether oxygens (including phenoxy) is 1. The van der Waals surface area contributed by atoms with Gasteiger partial charge < -0.3 is 4.74 Å². The maximum Gasteiger partial charge on any atom is 0.261 e. The fourth-order valence-electron chi connectivity index (χ4n) is 2.71. The van der Waals surface area contributed by atoms with Crippen molar-refractivity contribution in [1.82, 2.24) is 0 Å². The summed E-state index contributed by atoms with van der Waals surface area (Å²) in [6.45, 7) is 3.79. The number of rotatable bonds is 7. The largest absolute Gasteiger partial charge is 0.491 e. The van der Waals surface area contributed by atoms with Crippen molar-refractivity contribution >= 4 is 44.1 Å². The topological polar surface area (TPSA) is 72.5 Å². The maximum atomic E-state index is 12.9. The van der Waals surface area contributed by atoms with Crippen LogP contribution >= 0.6 is 22.6 Å². The Kier molecular flexibility index (Phi) is 6.59. The van der Waals surface area contributed by atoms with Gasteiger partial charge in [-0.15, -0.1) is 0 Å². The van der Waals surface area contributed by atoms with Gasteiger partial charge in [0.2, 0.25) is 0 Å². The Morgan fingerprint density at radius 3 is 2.24 bits per heavy atom. The van der Waals surface area contributed by atoms with E-state index in [0.29, 0.717) is 16.9 Å². The van der Waals surface area contributed by atoms with Gasteiger partial charge in [-0.05, 0) is 78.9 Å². The number of sulfonamides is 1. The zero-order valence-corrected chi connectivity index (χ0v) is 18.9. The predicted molar refractivity (Wildman–Crippen MR) is 122 cm³/mol. The van der Waals surface area contributed by atoms with E-state index in [0.717, 1.165) is 3.57 Å². The number of nitrogens with one attached hydrogen (secondary N) is 1. The van der Waals surface area contributed by atoms with Gasteiger partial charge in [0.25, 0.3) is 10.0 Å². The van der Waals surface area contributed by atoms with Crippen molar-refractivity contribution in [3.8, 4) is 5.75 Å². The lowest BCUT2D eigenvalue weighted by Gasteiger charge is -2.14. The number of benzene rings is 3. The predicted octanol–water partition coefficient (Wildman–Crippen LogP) is 5.11. The first-order chi connectivity index (χ1) is 13.8. The second-order valence-corrected chi connectivity index (χ2v) is 9.56. The fourth-order valence-corrected chi connectivity index (χ4v) is 4.28.